The topological polar surface area (TPSA) is 21.3 Å². The molecule has 0 saturated heterocycles. The molecule has 17 heavy (non-hydrogen) atoms. The number of hydrogen-bond donors (Lipinski definition) is 1. The van der Waals surface area contributed by atoms with E-state index < -0.39 is 0 Å². The van der Waals surface area contributed by atoms with Crippen molar-refractivity contribution >= 4 is 28.9 Å². The Morgan fingerprint density at radius 2 is 1.82 bits per heavy atom. The van der Waals surface area contributed by atoms with Gasteiger partial charge < -0.3 is 10.1 Å². The van der Waals surface area contributed by atoms with E-state index in [1.165, 1.54) is 0 Å². The second-order valence-corrected chi connectivity index (χ2v) is 5.30. The predicted octanol–water partition coefficient (Wildman–Crippen LogP) is 4.36. The molecule has 1 fully saturated rings. The lowest BCUT2D eigenvalue weighted by Gasteiger charge is -2.29. The third-order valence-electron chi connectivity index (χ3n) is 3.30. The van der Waals surface area contributed by atoms with Gasteiger partial charge >= 0.3 is 0 Å². The third kappa shape index (κ3) is 3.51. The van der Waals surface area contributed by atoms with Crippen LogP contribution in [0.3, 0.4) is 0 Å². The molecule has 1 aromatic rings. The van der Waals surface area contributed by atoms with Crippen LogP contribution >= 0.6 is 23.2 Å². The van der Waals surface area contributed by atoms with Gasteiger partial charge in [-0.15, -0.1) is 0 Å². The highest BCUT2D eigenvalue weighted by Gasteiger charge is 2.20. The summed E-state index contributed by atoms with van der Waals surface area (Å²) in [6.45, 7) is 0. The van der Waals surface area contributed by atoms with Crippen LogP contribution in [0.5, 0.6) is 0 Å². The first-order chi connectivity index (χ1) is 8.19. The van der Waals surface area contributed by atoms with Crippen LogP contribution in [0.4, 0.5) is 5.69 Å². The second kappa shape index (κ2) is 5.94. The summed E-state index contributed by atoms with van der Waals surface area (Å²) in [4.78, 5) is 0. The summed E-state index contributed by atoms with van der Waals surface area (Å²) in [5.74, 6) is 0. The van der Waals surface area contributed by atoms with Crippen molar-refractivity contribution in [3.63, 3.8) is 0 Å². The van der Waals surface area contributed by atoms with E-state index in [-0.39, 0.29) is 0 Å². The fourth-order valence-electron chi connectivity index (χ4n) is 2.26. The third-order valence-corrected chi connectivity index (χ3v) is 4.04. The molecule has 94 valence electrons. The first-order valence-electron chi connectivity index (χ1n) is 5.93. The molecule has 4 heteroatoms. The van der Waals surface area contributed by atoms with Gasteiger partial charge in [0.25, 0.3) is 0 Å². The lowest BCUT2D eigenvalue weighted by atomic mass is 9.93. The maximum absolute atomic E-state index is 5.99. The van der Waals surface area contributed by atoms with Crippen LogP contribution in [0.25, 0.3) is 0 Å². The highest BCUT2D eigenvalue weighted by atomic mass is 35.5. The SMILES string of the molecule is COC1CCC(Nc2ccc(Cl)c(Cl)c2)CC1. The molecule has 0 aromatic heterocycles. The highest BCUT2D eigenvalue weighted by Crippen LogP contribution is 2.28. The first kappa shape index (κ1) is 13.0. The summed E-state index contributed by atoms with van der Waals surface area (Å²) in [5, 5.41) is 4.69. The second-order valence-electron chi connectivity index (χ2n) is 4.48. The fraction of sp³-hybridized carbons (Fsp3) is 0.538. The van der Waals surface area contributed by atoms with E-state index in [9.17, 15) is 0 Å². The minimum atomic E-state index is 0.432. The largest absolute Gasteiger partial charge is 0.382 e. The average molecular weight is 274 g/mol. The van der Waals surface area contributed by atoms with E-state index in [0.29, 0.717) is 22.2 Å². The fourth-order valence-corrected chi connectivity index (χ4v) is 2.56. The van der Waals surface area contributed by atoms with E-state index >= 15 is 0 Å². The van der Waals surface area contributed by atoms with Gasteiger partial charge in [0.2, 0.25) is 0 Å². The van der Waals surface area contributed by atoms with Crippen molar-refractivity contribution in [2.75, 3.05) is 12.4 Å². The Kier molecular flexibility index (Phi) is 4.55. The van der Waals surface area contributed by atoms with Crippen LogP contribution in [0.15, 0.2) is 18.2 Å². The monoisotopic (exact) mass is 273 g/mol. The molecular formula is C13H17Cl2NO. The van der Waals surface area contributed by atoms with Gasteiger partial charge in [0.1, 0.15) is 0 Å². The van der Waals surface area contributed by atoms with Gasteiger partial charge in [-0.2, -0.15) is 0 Å². The molecule has 0 amide bonds. The highest BCUT2D eigenvalue weighted by molar-refractivity contribution is 6.42. The molecule has 1 aliphatic rings. The molecule has 2 rings (SSSR count). The van der Waals surface area contributed by atoms with Crippen LogP contribution in [-0.2, 0) is 4.74 Å². The van der Waals surface area contributed by atoms with Gasteiger partial charge in [0.15, 0.2) is 0 Å². The zero-order chi connectivity index (χ0) is 12.3. The number of nitrogens with one attached hydrogen (secondary N) is 1. The number of methoxy groups -OCH3 is 1. The number of rotatable bonds is 3. The Labute approximate surface area is 112 Å². The smallest absolute Gasteiger partial charge is 0.0612 e. The minimum absolute atomic E-state index is 0.432. The van der Waals surface area contributed by atoms with Crippen molar-refractivity contribution in [3.8, 4) is 0 Å². The van der Waals surface area contributed by atoms with E-state index in [4.69, 9.17) is 27.9 Å². The van der Waals surface area contributed by atoms with Gasteiger partial charge in [-0.25, -0.2) is 0 Å². The molecule has 0 bridgehead atoms. The van der Waals surface area contributed by atoms with Crippen LogP contribution in [0.2, 0.25) is 10.0 Å². The number of halogens is 2. The van der Waals surface area contributed by atoms with Crippen molar-refractivity contribution in [1.29, 1.82) is 0 Å². The average Bonchev–Trinajstić information content (AvgIpc) is 2.35. The summed E-state index contributed by atoms with van der Waals surface area (Å²) >= 11 is 11.9. The van der Waals surface area contributed by atoms with Crippen LogP contribution in [0, 0.1) is 0 Å². The summed E-state index contributed by atoms with van der Waals surface area (Å²) in [7, 11) is 1.79. The summed E-state index contributed by atoms with van der Waals surface area (Å²) < 4.78 is 5.36. The maximum Gasteiger partial charge on any atom is 0.0612 e. The Bertz CT molecular complexity index is 376. The Morgan fingerprint density at radius 3 is 2.41 bits per heavy atom. The van der Waals surface area contributed by atoms with Crippen molar-refractivity contribution in [2.24, 2.45) is 0 Å². The quantitative estimate of drug-likeness (QED) is 0.884. The molecule has 1 N–H and O–H groups in total. The van der Waals surface area contributed by atoms with Gasteiger partial charge in [0, 0.05) is 18.8 Å². The molecule has 0 atom stereocenters. The van der Waals surface area contributed by atoms with Crippen LogP contribution in [-0.4, -0.2) is 19.3 Å². The predicted molar refractivity (Wildman–Crippen MR) is 73.1 cm³/mol. The van der Waals surface area contributed by atoms with Gasteiger partial charge in [-0.3, -0.25) is 0 Å². The van der Waals surface area contributed by atoms with Gasteiger partial charge in [0.05, 0.1) is 16.1 Å². The normalized spacial score (nSPS) is 24.6. The molecule has 0 radical (unpaired) electrons. The van der Waals surface area contributed by atoms with Crippen LogP contribution in [0.1, 0.15) is 25.7 Å². The number of ether oxygens (including phenoxy) is 1. The van der Waals surface area contributed by atoms with Crippen molar-refractivity contribution < 1.29 is 4.74 Å². The summed E-state index contributed by atoms with van der Waals surface area (Å²) in [6, 6.07) is 6.19. The number of benzene rings is 1. The van der Waals surface area contributed by atoms with Crippen molar-refractivity contribution in [3.05, 3.63) is 28.2 Å². The summed E-state index contributed by atoms with van der Waals surface area (Å²) in [5.41, 5.74) is 1.04. The minimum Gasteiger partial charge on any atom is -0.382 e. The molecule has 0 heterocycles. The molecule has 1 saturated carbocycles. The van der Waals surface area contributed by atoms with Crippen molar-refractivity contribution in [2.45, 2.75) is 37.8 Å². The Balaban J connectivity index is 1.91. The molecule has 2 nitrogen and oxygen atoms in total. The molecule has 0 aliphatic heterocycles. The zero-order valence-electron chi connectivity index (χ0n) is 9.88. The molecule has 0 unspecified atom stereocenters. The number of anilines is 1. The van der Waals surface area contributed by atoms with Crippen molar-refractivity contribution in [1.82, 2.24) is 0 Å². The lowest BCUT2D eigenvalue weighted by Crippen LogP contribution is -2.29. The number of hydrogen-bond acceptors (Lipinski definition) is 2. The maximum atomic E-state index is 5.99. The zero-order valence-corrected chi connectivity index (χ0v) is 11.4. The summed E-state index contributed by atoms with van der Waals surface area (Å²) in [6.07, 6.45) is 4.95. The first-order valence-corrected chi connectivity index (χ1v) is 6.69. The van der Waals surface area contributed by atoms with E-state index in [1.807, 2.05) is 18.2 Å². The standard InChI is InChI=1S/C13H17Cl2NO/c1-17-11-5-2-9(3-6-11)16-10-4-7-12(14)13(15)8-10/h4,7-9,11,16H,2-3,5-6H2,1H3. The Morgan fingerprint density at radius 1 is 1.12 bits per heavy atom. The van der Waals surface area contributed by atoms with Crippen LogP contribution < -0.4 is 5.32 Å². The van der Waals surface area contributed by atoms with E-state index in [2.05, 4.69) is 5.32 Å². The lowest BCUT2D eigenvalue weighted by molar-refractivity contribution is 0.0682. The Hall–Kier alpha value is -0.440. The van der Waals surface area contributed by atoms with Gasteiger partial charge in [-0.1, -0.05) is 23.2 Å². The molecular weight excluding hydrogens is 257 g/mol. The molecule has 1 aliphatic carbocycles. The van der Waals surface area contributed by atoms with Gasteiger partial charge in [-0.05, 0) is 43.9 Å². The van der Waals surface area contributed by atoms with E-state index in [0.717, 1.165) is 31.4 Å². The van der Waals surface area contributed by atoms with E-state index in [1.54, 1.807) is 7.11 Å². The molecule has 1 aromatic carbocycles. The molecule has 0 spiro atoms.